The van der Waals surface area contributed by atoms with Crippen LogP contribution >= 0.6 is 0 Å². The summed E-state index contributed by atoms with van der Waals surface area (Å²) in [6, 6.07) is 0. The Hall–Kier alpha value is -1.53. The number of rotatable bonds is 5. The van der Waals surface area contributed by atoms with Gasteiger partial charge in [-0.2, -0.15) is 0 Å². The summed E-state index contributed by atoms with van der Waals surface area (Å²) in [4.78, 5) is 36.8. The lowest BCUT2D eigenvalue weighted by molar-refractivity contribution is -0.184. The first-order chi connectivity index (χ1) is 14.6. The fourth-order valence-corrected chi connectivity index (χ4v) is 7.69. The van der Waals surface area contributed by atoms with E-state index in [1.165, 1.54) is 5.57 Å². The molecule has 3 fully saturated rings. The highest BCUT2D eigenvalue weighted by Crippen LogP contribution is 2.67. The van der Waals surface area contributed by atoms with E-state index < -0.39 is 35.5 Å². The number of hydrogen-bond donors (Lipinski definition) is 2. The van der Waals surface area contributed by atoms with Crippen LogP contribution in [-0.4, -0.2) is 46.1 Å². The molecule has 0 radical (unpaired) electrons. The molecule has 0 unspecified atom stereocenters. The summed E-state index contributed by atoms with van der Waals surface area (Å²) in [5.74, 6) is -0.323. The van der Waals surface area contributed by atoms with E-state index in [4.69, 9.17) is 4.74 Å². The molecule has 4 aliphatic rings. The van der Waals surface area contributed by atoms with E-state index in [1.54, 1.807) is 6.08 Å². The topological polar surface area (TPSA) is 101 Å². The van der Waals surface area contributed by atoms with E-state index in [0.29, 0.717) is 25.7 Å². The summed E-state index contributed by atoms with van der Waals surface area (Å²) >= 11 is 0. The third kappa shape index (κ3) is 3.32. The van der Waals surface area contributed by atoms with E-state index >= 15 is 0 Å². The van der Waals surface area contributed by atoms with Gasteiger partial charge in [-0.05, 0) is 74.2 Å². The Morgan fingerprint density at radius 1 is 1.19 bits per heavy atom. The second kappa shape index (κ2) is 7.80. The van der Waals surface area contributed by atoms with Crippen LogP contribution in [0.3, 0.4) is 0 Å². The van der Waals surface area contributed by atoms with Crippen molar-refractivity contribution in [3.63, 3.8) is 0 Å². The molecule has 6 nitrogen and oxygen atoms in total. The van der Waals surface area contributed by atoms with E-state index in [0.717, 1.165) is 25.7 Å². The number of carbonyl (C=O) groups excluding carboxylic acids is 3. The molecule has 0 aliphatic heterocycles. The lowest BCUT2D eigenvalue weighted by Crippen LogP contribution is -2.62. The Morgan fingerprint density at radius 3 is 2.65 bits per heavy atom. The van der Waals surface area contributed by atoms with E-state index in [1.807, 2.05) is 13.8 Å². The number of ketones is 2. The van der Waals surface area contributed by atoms with Gasteiger partial charge in [0.1, 0.15) is 5.60 Å². The number of fused-ring (bicyclic) bond motifs is 5. The van der Waals surface area contributed by atoms with Gasteiger partial charge >= 0.3 is 5.97 Å². The van der Waals surface area contributed by atoms with Crippen LogP contribution in [0.2, 0.25) is 0 Å². The van der Waals surface area contributed by atoms with Crippen LogP contribution in [0.25, 0.3) is 0 Å². The van der Waals surface area contributed by atoms with E-state index in [-0.39, 0.29) is 35.4 Å². The third-order valence-electron chi connectivity index (χ3n) is 9.33. The lowest BCUT2D eigenvalue weighted by atomic mass is 9.45. The Morgan fingerprint density at radius 2 is 1.94 bits per heavy atom. The average molecular weight is 433 g/mol. The van der Waals surface area contributed by atoms with Gasteiger partial charge in [0, 0.05) is 18.3 Å². The zero-order chi connectivity index (χ0) is 22.6. The van der Waals surface area contributed by atoms with Crippen LogP contribution in [-0.2, 0) is 19.1 Å². The molecule has 3 saturated carbocycles. The quantitative estimate of drug-likeness (QED) is 0.648. The van der Waals surface area contributed by atoms with Gasteiger partial charge in [0.25, 0.3) is 0 Å². The molecule has 7 atom stereocenters. The number of aliphatic hydroxyl groups excluding tert-OH is 1. The van der Waals surface area contributed by atoms with Crippen LogP contribution < -0.4 is 0 Å². The van der Waals surface area contributed by atoms with E-state index in [9.17, 15) is 24.6 Å². The first-order valence-electron chi connectivity index (χ1n) is 11.9. The van der Waals surface area contributed by atoms with Crippen LogP contribution in [0.4, 0.5) is 0 Å². The first kappa shape index (κ1) is 22.7. The smallest absolute Gasteiger partial charge is 0.306 e. The van der Waals surface area contributed by atoms with Crippen molar-refractivity contribution < 1.29 is 29.3 Å². The third-order valence-corrected chi connectivity index (χ3v) is 9.33. The SMILES string of the molecule is CCCC(=O)OCC(=O)[C@@]1(O)CC[C@H]2[C@H]3CCC4=CC(=O)CC[C@]4(C)[C@H]3[C@@H](O)C[C@@]21C. The predicted molar refractivity (Wildman–Crippen MR) is 114 cm³/mol. The maximum Gasteiger partial charge on any atom is 0.306 e. The number of allylic oxidation sites excluding steroid dienone is 1. The minimum Gasteiger partial charge on any atom is -0.458 e. The molecule has 4 aliphatic carbocycles. The molecule has 0 bridgehead atoms. The van der Waals surface area contributed by atoms with Crippen LogP contribution in [0, 0.1) is 28.6 Å². The Bertz CT molecular complexity index is 817. The first-order valence-corrected chi connectivity index (χ1v) is 11.9. The Balaban J connectivity index is 1.59. The van der Waals surface area contributed by atoms with Crippen molar-refractivity contribution in [3.8, 4) is 0 Å². The zero-order valence-corrected chi connectivity index (χ0v) is 19.0. The van der Waals surface area contributed by atoms with Crippen LogP contribution in [0.5, 0.6) is 0 Å². The molecule has 0 amide bonds. The summed E-state index contributed by atoms with van der Waals surface area (Å²) in [5, 5.41) is 23.0. The largest absolute Gasteiger partial charge is 0.458 e. The lowest BCUT2D eigenvalue weighted by Gasteiger charge is -2.60. The van der Waals surface area contributed by atoms with Crippen molar-refractivity contribution in [3.05, 3.63) is 11.6 Å². The van der Waals surface area contributed by atoms with Gasteiger partial charge in [-0.15, -0.1) is 0 Å². The summed E-state index contributed by atoms with van der Waals surface area (Å²) in [6.45, 7) is 5.59. The van der Waals surface area contributed by atoms with Crippen molar-refractivity contribution in [1.82, 2.24) is 0 Å². The number of carbonyl (C=O) groups is 3. The van der Waals surface area contributed by atoms with Crippen molar-refractivity contribution >= 4 is 17.5 Å². The van der Waals surface area contributed by atoms with Crippen molar-refractivity contribution in [2.45, 2.75) is 90.3 Å². The second-order valence-corrected chi connectivity index (χ2v) is 10.8. The summed E-state index contributed by atoms with van der Waals surface area (Å²) in [5.41, 5.74) is -1.36. The van der Waals surface area contributed by atoms with Gasteiger partial charge in [0.05, 0.1) is 6.10 Å². The highest BCUT2D eigenvalue weighted by atomic mass is 16.5. The predicted octanol–water partition coefficient (Wildman–Crippen LogP) is 3.13. The molecular formula is C25H36O6. The maximum atomic E-state index is 13.1. The molecule has 0 heterocycles. The number of esters is 1. The van der Waals surface area contributed by atoms with Gasteiger partial charge in [-0.25, -0.2) is 0 Å². The fraction of sp³-hybridized carbons (Fsp3) is 0.800. The molecule has 31 heavy (non-hydrogen) atoms. The van der Waals surface area contributed by atoms with Crippen LogP contribution in [0.15, 0.2) is 11.6 Å². The minimum atomic E-state index is -1.59. The molecule has 0 saturated heterocycles. The van der Waals surface area contributed by atoms with Gasteiger partial charge in [0.15, 0.2) is 12.4 Å². The molecule has 0 aromatic carbocycles. The highest BCUT2D eigenvalue weighted by Gasteiger charge is 2.68. The number of aliphatic hydroxyl groups is 2. The van der Waals surface area contributed by atoms with Gasteiger partial charge < -0.3 is 14.9 Å². The van der Waals surface area contributed by atoms with Crippen LogP contribution in [0.1, 0.15) is 78.6 Å². The summed E-state index contributed by atoms with van der Waals surface area (Å²) < 4.78 is 5.13. The highest BCUT2D eigenvalue weighted by molar-refractivity contribution is 5.92. The minimum absolute atomic E-state index is 0.0403. The zero-order valence-electron chi connectivity index (χ0n) is 19.0. The van der Waals surface area contributed by atoms with Gasteiger partial charge in [-0.3, -0.25) is 14.4 Å². The molecule has 172 valence electrons. The van der Waals surface area contributed by atoms with E-state index in [2.05, 4.69) is 6.92 Å². The number of hydrogen-bond acceptors (Lipinski definition) is 6. The summed E-state index contributed by atoms with van der Waals surface area (Å²) in [7, 11) is 0. The van der Waals surface area contributed by atoms with Crippen molar-refractivity contribution in [2.24, 2.45) is 28.6 Å². The van der Waals surface area contributed by atoms with Crippen molar-refractivity contribution in [1.29, 1.82) is 0 Å². The van der Waals surface area contributed by atoms with Gasteiger partial charge in [-0.1, -0.05) is 26.3 Å². The molecule has 0 spiro atoms. The normalized spacial score (nSPS) is 44.0. The number of ether oxygens (including phenoxy) is 1. The Kier molecular flexibility index (Phi) is 5.70. The summed E-state index contributed by atoms with van der Waals surface area (Å²) in [6.07, 6.45) is 6.46. The molecule has 0 aromatic rings. The molecule has 0 aromatic heterocycles. The fourth-order valence-electron chi connectivity index (χ4n) is 7.69. The molecule has 2 N–H and O–H groups in total. The van der Waals surface area contributed by atoms with Gasteiger partial charge in [0.2, 0.25) is 5.78 Å². The monoisotopic (exact) mass is 432 g/mol. The molecular weight excluding hydrogens is 396 g/mol. The second-order valence-electron chi connectivity index (χ2n) is 10.8. The maximum absolute atomic E-state index is 13.1. The molecule has 4 rings (SSSR count). The Labute approximate surface area is 184 Å². The van der Waals surface area contributed by atoms with Crippen molar-refractivity contribution in [2.75, 3.05) is 6.61 Å². The average Bonchev–Trinajstić information content (AvgIpc) is 2.98. The number of Topliss-reactive ketones (excluding diaryl/α,β-unsaturated/α-hetero) is 1. The standard InChI is InChI=1S/C25H36O6/c1-4-5-21(29)31-14-20(28)25(30)11-9-18-17-7-6-15-12-16(26)8-10-23(15,2)22(17)19(27)13-24(18,25)3/h12,17-19,22,27,30H,4-11,13-14H2,1-3H3/t17-,18+,19+,22-,23+,24+,25+/m1/s1. The molecule has 6 heteroatoms.